The Bertz CT molecular complexity index is 249. The number of hydrogen-bond donors (Lipinski definition) is 1. The van der Waals surface area contributed by atoms with Crippen molar-refractivity contribution in [3.05, 3.63) is 0 Å². The lowest BCUT2D eigenvalue weighted by molar-refractivity contribution is -0.144. The fraction of sp³-hybridized carbons (Fsp3) is 0.769. The highest BCUT2D eigenvalue weighted by molar-refractivity contribution is 5.76. The number of esters is 1. The molecule has 0 aliphatic heterocycles. The number of carbonyl (C=O) groups excluding carboxylic acids is 1. The molecule has 0 amide bonds. The summed E-state index contributed by atoms with van der Waals surface area (Å²) in [6, 6.07) is -0.223. The summed E-state index contributed by atoms with van der Waals surface area (Å²) in [5.41, 5.74) is 0. The number of nitrogens with one attached hydrogen (secondary N) is 1. The minimum atomic E-state index is -0.223. The van der Waals surface area contributed by atoms with Gasteiger partial charge in [-0.05, 0) is 18.8 Å². The number of terminal acetylenes is 1. The molecule has 0 aromatic heterocycles. The maximum atomic E-state index is 11.7. The molecule has 1 N–H and O–H groups in total. The average Bonchev–Trinajstić information content (AvgIpc) is 2.58. The monoisotopic (exact) mass is 223 g/mol. The van der Waals surface area contributed by atoms with Crippen molar-refractivity contribution in [2.45, 2.75) is 44.6 Å². The molecular formula is C13H21NO2. The molecule has 1 aliphatic rings. The highest BCUT2D eigenvalue weighted by atomic mass is 16.5. The molecule has 0 aromatic rings. The van der Waals surface area contributed by atoms with E-state index in [1.54, 1.807) is 0 Å². The van der Waals surface area contributed by atoms with Gasteiger partial charge in [-0.15, -0.1) is 6.42 Å². The standard InChI is InChI=1S/C13H21NO2/c1-3-10-14-12(13(15)16-2)11-8-6-4-5-7-9-11/h1,11-12,14H,4-10H2,2H3. The van der Waals surface area contributed by atoms with E-state index >= 15 is 0 Å². The molecule has 0 aromatic carbocycles. The van der Waals surface area contributed by atoms with E-state index in [9.17, 15) is 4.79 Å². The van der Waals surface area contributed by atoms with Crippen LogP contribution in [0.25, 0.3) is 0 Å². The van der Waals surface area contributed by atoms with Gasteiger partial charge in [-0.25, -0.2) is 0 Å². The van der Waals surface area contributed by atoms with Gasteiger partial charge < -0.3 is 4.74 Å². The van der Waals surface area contributed by atoms with Gasteiger partial charge in [-0.2, -0.15) is 0 Å². The molecule has 3 nitrogen and oxygen atoms in total. The summed E-state index contributed by atoms with van der Waals surface area (Å²) in [6.45, 7) is 0.427. The minimum absolute atomic E-state index is 0.179. The second kappa shape index (κ2) is 7.29. The number of methoxy groups -OCH3 is 1. The Balaban J connectivity index is 2.58. The third-order valence-electron chi connectivity index (χ3n) is 3.25. The predicted molar refractivity (Wildman–Crippen MR) is 63.8 cm³/mol. The topological polar surface area (TPSA) is 38.3 Å². The van der Waals surface area contributed by atoms with E-state index in [2.05, 4.69) is 11.2 Å². The summed E-state index contributed by atoms with van der Waals surface area (Å²) in [5, 5.41) is 3.11. The van der Waals surface area contributed by atoms with E-state index in [1.807, 2.05) is 0 Å². The highest BCUT2D eigenvalue weighted by Crippen LogP contribution is 2.26. The third kappa shape index (κ3) is 3.86. The summed E-state index contributed by atoms with van der Waals surface area (Å²) in [4.78, 5) is 11.7. The van der Waals surface area contributed by atoms with Crippen molar-refractivity contribution in [1.82, 2.24) is 5.32 Å². The molecule has 1 fully saturated rings. The Morgan fingerprint density at radius 3 is 2.56 bits per heavy atom. The number of carbonyl (C=O) groups is 1. The smallest absolute Gasteiger partial charge is 0.323 e. The van der Waals surface area contributed by atoms with Crippen molar-refractivity contribution in [3.8, 4) is 12.3 Å². The summed E-state index contributed by atoms with van der Waals surface area (Å²) in [6.07, 6.45) is 12.4. The molecule has 16 heavy (non-hydrogen) atoms. The van der Waals surface area contributed by atoms with Crippen molar-refractivity contribution in [3.63, 3.8) is 0 Å². The number of ether oxygens (including phenoxy) is 1. The Labute approximate surface area is 97.9 Å². The average molecular weight is 223 g/mol. The first-order valence-electron chi connectivity index (χ1n) is 6.04. The van der Waals surface area contributed by atoms with Crippen LogP contribution >= 0.6 is 0 Å². The maximum Gasteiger partial charge on any atom is 0.323 e. The van der Waals surface area contributed by atoms with Gasteiger partial charge in [-0.3, -0.25) is 10.1 Å². The summed E-state index contributed by atoms with van der Waals surface area (Å²) in [5.74, 6) is 2.71. The fourth-order valence-corrected chi connectivity index (χ4v) is 2.38. The molecule has 3 heteroatoms. The van der Waals surface area contributed by atoms with Crippen LogP contribution in [0, 0.1) is 18.3 Å². The summed E-state index contributed by atoms with van der Waals surface area (Å²) in [7, 11) is 1.43. The molecule has 0 heterocycles. The maximum absolute atomic E-state index is 11.7. The first-order chi connectivity index (χ1) is 7.79. The van der Waals surface area contributed by atoms with Crippen molar-refractivity contribution < 1.29 is 9.53 Å². The molecular weight excluding hydrogens is 202 g/mol. The van der Waals surface area contributed by atoms with Crippen molar-refractivity contribution in [2.24, 2.45) is 5.92 Å². The Morgan fingerprint density at radius 1 is 1.44 bits per heavy atom. The predicted octanol–water partition coefficient (Wildman–Crippen LogP) is 1.72. The highest BCUT2D eigenvalue weighted by Gasteiger charge is 2.28. The Kier molecular flexibility index (Phi) is 5.95. The molecule has 0 spiro atoms. The number of rotatable bonds is 4. The van der Waals surface area contributed by atoms with Crippen LogP contribution in [0.2, 0.25) is 0 Å². The molecule has 1 saturated carbocycles. The van der Waals surface area contributed by atoms with E-state index in [0.717, 1.165) is 12.8 Å². The molecule has 1 atom stereocenters. The van der Waals surface area contributed by atoms with Gasteiger partial charge in [0.15, 0.2) is 0 Å². The van der Waals surface area contributed by atoms with Gasteiger partial charge in [0.05, 0.1) is 13.7 Å². The zero-order valence-corrected chi connectivity index (χ0v) is 10.00. The molecule has 1 aliphatic carbocycles. The van der Waals surface area contributed by atoms with E-state index in [0.29, 0.717) is 12.5 Å². The van der Waals surface area contributed by atoms with Crippen LogP contribution in [0.3, 0.4) is 0 Å². The van der Waals surface area contributed by atoms with Crippen LogP contribution in [0.4, 0.5) is 0 Å². The number of hydrogen-bond acceptors (Lipinski definition) is 3. The van der Waals surface area contributed by atoms with Crippen LogP contribution in [-0.4, -0.2) is 25.7 Å². The SMILES string of the molecule is C#CCNC(C(=O)OC)C1CCCCCC1. The minimum Gasteiger partial charge on any atom is -0.468 e. The van der Waals surface area contributed by atoms with E-state index in [4.69, 9.17) is 11.2 Å². The molecule has 0 saturated heterocycles. The van der Waals surface area contributed by atoms with Crippen LogP contribution in [0.15, 0.2) is 0 Å². The lowest BCUT2D eigenvalue weighted by Gasteiger charge is -2.24. The zero-order chi connectivity index (χ0) is 11.8. The Hall–Kier alpha value is -1.01. The fourth-order valence-electron chi connectivity index (χ4n) is 2.38. The van der Waals surface area contributed by atoms with E-state index in [-0.39, 0.29) is 12.0 Å². The van der Waals surface area contributed by atoms with Crippen LogP contribution in [-0.2, 0) is 9.53 Å². The van der Waals surface area contributed by atoms with Crippen molar-refractivity contribution >= 4 is 5.97 Å². The Morgan fingerprint density at radius 2 is 2.06 bits per heavy atom. The van der Waals surface area contributed by atoms with Gasteiger partial charge in [0.1, 0.15) is 6.04 Å². The van der Waals surface area contributed by atoms with Crippen LogP contribution in [0.1, 0.15) is 38.5 Å². The lowest BCUT2D eigenvalue weighted by Crippen LogP contribution is -2.43. The molecule has 1 rings (SSSR count). The summed E-state index contributed by atoms with van der Waals surface area (Å²) < 4.78 is 4.83. The largest absolute Gasteiger partial charge is 0.468 e. The van der Waals surface area contributed by atoms with Crippen LogP contribution < -0.4 is 5.32 Å². The van der Waals surface area contributed by atoms with Crippen molar-refractivity contribution in [1.29, 1.82) is 0 Å². The van der Waals surface area contributed by atoms with Gasteiger partial charge in [0.2, 0.25) is 0 Å². The zero-order valence-electron chi connectivity index (χ0n) is 10.00. The molecule has 0 radical (unpaired) electrons. The molecule has 90 valence electrons. The van der Waals surface area contributed by atoms with Crippen LogP contribution in [0.5, 0.6) is 0 Å². The third-order valence-corrected chi connectivity index (χ3v) is 3.25. The van der Waals surface area contributed by atoms with Gasteiger partial charge in [0, 0.05) is 0 Å². The second-order valence-electron chi connectivity index (χ2n) is 4.34. The molecule has 1 unspecified atom stereocenters. The first-order valence-corrected chi connectivity index (χ1v) is 6.04. The van der Waals surface area contributed by atoms with Gasteiger partial charge >= 0.3 is 5.97 Å². The van der Waals surface area contributed by atoms with Gasteiger partial charge in [-0.1, -0.05) is 31.6 Å². The van der Waals surface area contributed by atoms with E-state index in [1.165, 1.54) is 32.8 Å². The molecule has 0 bridgehead atoms. The van der Waals surface area contributed by atoms with E-state index < -0.39 is 0 Å². The lowest BCUT2D eigenvalue weighted by atomic mass is 9.92. The van der Waals surface area contributed by atoms with Gasteiger partial charge in [0.25, 0.3) is 0 Å². The normalized spacial score (nSPS) is 19.5. The first kappa shape index (κ1) is 13.1. The quantitative estimate of drug-likeness (QED) is 0.448. The summed E-state index contributed by atoms with van der Waals surface area (Å²) >= 11 is 0. The van der Waals surface area contributed by atoms with Crippen molar-refractivity contribution in [2.75, 3.05) is 13.7 Å². The second-order valence-corrected chi connectivity index (χ2v) is 4.34.